The molecule has 7 heteroatoms. The first-order valence-corrected chi connectivity index (χ1v) is 7.45. The van der Waals surface area contributed by atoms with Crippen molar-refractivity contribution in [2.45, 2.75) is 0 Å². The van der Waals surface area contributed by atoms with E-state index in [9.17, 15) is 14.4 Å². The Kier molecular flexibility index (Phi) is 5.62. The maximum Gasteiger partial charge on any atom is 0.252 e. The Morgan fingerprint density at radius 2 is 1.80 bits per heavy atom. The monoisotopic (exact) mass is 338 g/mol. The molecule has 1 aromatic heterocycles. The second-order valence-corrected chi connectivity index (χ2v) is 5.23. The van der Waals surface area contributed by atoms with Crippen molar-refractivity contribution in [2.24, 2.45) is 5.73 Å². The number of carbonyl (C=O) groups excluding carboxylic acids is 3. The van der Waals surface area contributed by atoms with Gasteiger partial charge in [0.2, 0.25) is 5.91 Å². The average Bonchev–Trinajstić information content (AvgIpc) is 2.65. The zero-order valence-electron chi connectivity index (χ0n) is 13.9. The maximum absolute atomic E-state index is 12.3. The number of benzene rings is 1. The average molecular weight is 338 g/mol. The molecule has 0 unspecified atom stereocenters. The Hall–Kier alpha value is -3.48. The molecule has 128 valence electrons. The number of rotatable bonds is 5. The molecule has 1 aromatic carbocycles. The van der Waals surface area contributed by atoms with Crippen LogP contribution in [0.25, 0.3) is 6.08 Å². The molecule has 0 aliphatic rings. The lowest BCUT2D eigenvalue weighted by Crippen LogP contribution is -2.24. The smallest absolute Gasteiger partial charge is 0.252 e. The number of carbonyl (C=O) groups is 3. The predicted octanol–water partition coefficient (Wildman–Crippen LogP) is 1.22. The minimum atomic E-state index is -0.524. The highest BCUT2D eigenvalue weighted by Gasteiger charge is 2.09. The summed E-state index contributed by atoms with van der Waals surface area (Å²) in [7, 11) is 3.15. The molecule has 0 bridgehead atoms. The molecule has 2 rings (SSSR count). The summed E-state index contributed by atoms with van der Waals surface area (Å²) in [5.74, 6) is -1.04. The highest BCUT2D eigenvalue weighted by molar-refractivity contribution is 6.04. The van der Waals surface area contributed by atoms with Gasteiger partial charge in [0.05, 0.1) is 5.56 Å². The zero-order valence-corrected chi connectivity index (χ0v) is 13.9. The normalized spacial score (nSPS) is 10.5. The van der Waals surface area contributed by atoms with E-state index >= 15 is 0 Å². The van der Waals surface area contributed by atoms with E-state index in [-0.39, 0.29) is 11.8 Å². The summed E-state index contributed by atoms with van der Waals surface area (Å²) < 4.78 is 0. The molecule has 0 aliphatic heterocycles. The van der Waals surface area contributed by atoms with E-state index < -0.39 is 5.91 Å². The van der Waals surface area contributed by atoms with E-state index in [1.165, 1.54) is 24.2 Å². The van der Waals surface area contributed by atoms with Gasteiger partial charge in [-0.05, 0) is 42.0 Å². The molecular formula is C18H18N4O3. The van der Waals surface area contributed by atoms with Crippen molar-refractivity contribution in [3.8, 4) is 0 Å². The molecule has 0 saturated heterocycles. The predicted molar refractivity (Wildman–Crippen MR) is 95.0 cm³/mol. The van der Waals surface area contributed by atoms with Gasteiger partial charge in [-0.2, -0.15) is 0 Å². The Labute approximate surface area is 145 Å². The molecule has 0 radical (unpaired) electrons. The Balaban J connectivity index is 2.11. The lowest BCUT2D eigenvalue weighted by Gasteiger charge is -2.15. The number of likely N-dealkylation sites (N-methyl/N-ethyl adjacent to an activating group) is 1. The third-order valence-corrected chi connectivity index (χ3v) is 3.54. The zero-order chi connectivity index (χ0) is 18.4. The highest BCUT2D eigenvalue weighted by Crippen LogP contribution is 2.14. The number of nitrogens with one attached hydrogen (secondary N) is 1. The second-order valence-electron chi connectivity index (χ2n) is 5.23. The SMILES string of the molecule is CNC(=O)c1cncc(/C=C\C(=O)N(C)c2ccc(C(N)=O)cc2)c1. The third kappa shape index (κ3) is 4.51. The van der Waals surface area contributed by atoms with Gasteiger partial charge in [-0.3, -0.25) is 19.4 Å². The molecule has 3 N–H and O–H groups in total. The number of nitrogens with two attached hydrogens (primary N) is 1. The first-order valence-electron chi connectivity index (χ1n) is 7.45. The van der Waals surface area contributed by atoms with Gasteiger partial charge >= 0.3 is 0 Å². The third-order valence-electron chi connectivity index (χ3n) is 3.54. The number of aromatic nitrogens is 1. The molecule has 7 nitrogen and oxygen atoms in total. The maximum atomic E-state index is 12.3. The van der Waals surface area contributed by atoms with Crippen molar-refractivity contribution in [2.75, 3.05) is 19.0 Å². The Morgan fingerprint density at radius 1 is 1.12 bits per heavy atom. The summed E-state index contributed by atoms with van der Waals surface area (Å²) in [5.41, 5.74) is 7.23. The van der Waals surface area contributed by atoms with E-state index in [0.29, 0.717) is 22.4 Å². The van der Waals surface area contributed by atoms with Crippen LogP contribution in [0.1, 0.15) is 26.3 Å². The number of amides is 3. The molecule has 1 heterocycles. The number of hydrogen-bond acceptors (Lipinski definition) is 4. The van der Waals surface area contributed by atoms with Gasteiger partial charge in [0.1, 0.15) is 0 Å². The molecule has 0 atom stereocenters. The fraction of sp³-hybridized carbons (Fsp3) is 0.111. The van der Waals surface area contributed by atoms with Gasteiger partial charge < -0.3 is 16.0 Å². The Bertz CT molecular complexity index is 828. The van der Waals surface area contributed by atoms with Crippen LogP contribution in [0.3, 0.4) is 0 Å². The van der Waals surface area contributed by atoms with Crippen LogP contribution in [0.2, 0.25) is 0 Å². The van der Waals surface area contributed by atoms with Crippen LogP contribution in [0.4, 0.5) is 5.69 Å². The van der Waals surface area contributed by atoms with Crippen molar-refractivity contribution in [1.29, 1.82) is 0 Å². The molecule has 0 fully saturated rings. The van der Waals surface area contributed by atoms with Crippen molar-refractivity contribution in [1.82, 2.24) is 10.3 Å². The molecule has 25 heavy (non-hydrogen) atoms. The van der Waals surface area contributed by atoms with Crippen molar-refractivity contribution in [3.05, 3.63) is 65.5 Å². The van der Waals surface area contributed by atoms with Gasteiger partial charge in [-0.25, -0.2) is 0 Å². The fourth-order valence-corrected chi connectivity index (χ4v) is 2.07. The summed E-state index contributed by atoms with van der Waals surface area (Å²) in [4.78, 5) is 40.3. The number of hydrogen-bond donors (Lipinski definition) is 2. The molecule has 0 spiro atoms. The summed E-state index contributed by atoms with van der Waals surface area (Å²) >= 11 is 0. The Morgan fingerprint density at radius 3 is 2.40 bits per heavy atom. The fourth-order valence-electron chi connectivity index (χ4n) is 2.07. The molecular weight excluding hydrogens is 320 g/mol. The van der Waals surface area contributed by atoms with Gasteiger partial charge in [-0.15, -0.1) is 0 Å². The van der Waals surface area contributed by atoms with Crippen LogP contribution >= 0.6 is 0 Å². The van der Waals surface area contributed by atoms with Crippen LogP contribution in [0.5, 0.6) is 0 Å². The topological polar surface area (TPSA) is 105 Å². The summed E-state index contributed by atoms with van der Waals surface area (Å²) in [6, 6.07) is 8.03. The summed E-state index contributed by atoms with van der Waals surface area (Å²) in [6.07, 6.45) is 5.96. The first kappa shape index (κ1) is 17.9. The van der Waals surface area contributed by atoms with E-state index in [1.54, 1.807) is 49.7 Å². The van der Waals surface area contributed by atoms with E-state index in [1.807, 2.05) is 0 Å². The van der Waals surface area contributed by atoms with E-state index in [2.05, 4.69) is 10.3 Å². The number of nitrogens with zero attached hydrogens (tertiary/aromatic N) is 2. The van der Waals surface area contributed by atoms with Crippen LogP contribution < -0.4 is 16.0 Å². The largest absolute Gasteiger partial charge is 0.366 e. The van der Waals surface area contributed by atoms with Gasteiger partial charge in [0.15, 0.2) is 0 Å². The van der Waals surface area contributed by atoms with Gasteiger partial charge in [-0.1, -0.05) is 0 Å². The van der Waals surface area contributed by atoms with E-state index in [4.69, 9.17) is 5.73 Å². The highest BCUT2D eigenvalue weighted by atomic mass is 16.2. The van der Waals surface area contributed by atoms with Gasteiger partial charge in [0, 0.05) is 43.8 Å². The lowest BCUT2D eigenvalue weighted by atomic mass is 10.1. The van der Waals surface area contributed by atoms with Crippen LogP contribution in [-0.2, 0) is 4.79 Å². The van der Waals surface area contributed by atoms with Crippen LogP contribution in [-0.4, -0.2) is 36.8 Å². The summed E-state index contributed by atoms with van der Waals surface area (Å²) in [6.45, 7) is 0. The minimum absolute atomic E-state index is 0.249. The van der Waals surface area contributed by atoms with E-state index in [0.717, 1.165) is 0 Å². The standard InChI is InChI=1S/C18H18N4O3/c1-20-18(25)14-9-12(10-21-11-14)3-8-16(23)22(2)15-6-4-13(5-7-15)17(19)24/h3-11H,1-2H3,(H2,19,24)(H,20,25)/b8-3-. The van der Waals surface area contributed by atoms with Crippen LogP contribution in [0, 0.1) is 0 Å². The molecule has 2 aromatic rings. The minimum Gasteiger partial charge on any atom is -0.366 e. The molecule has 0 saturated carbocycles. The lowest BCUT2D eigenvalue weighted by molar-refractivity contribution is -0.113. The molecule has 3 amide bonds. The number of pyridine rings is 1. The molecule has 0 aliphatic carbocycles. The van der Waals surface area contributed by atoms with Crippen molar-refractivity contribution < 1.29 is 14.4 Å². The quantitative estimate of drug-likeness (QED) is 0.800. The summed E-state index contributed by atoms with van der Waals surface area (Å²) in [5, 5.41) is 2.51. The van der Waals surface area contributed by atoms with Crippen molar-refractivity contribution >= 4 is 29.5 Å². The van der Waals surface area contributed by atoms with Crippen LogP contribution in [0.15, 0.2) is 48.8 Å². The van der Waals surface area contributed by atoms with Gasteiger partial charge in [0.25, 0.3) is 11.8 Å². The number of anilines is 1. The second kappa shape index (κ2) is 7.87. The number of primary amides is 1. The van der Waals surface area contributed by atoms with Crippen molar-refractivity contribution in [3.63, 3.8) is 0 Å². The first-order chi connectivity index (χ1) is 11.9.